The molecule has 0 amide bonds. The largest absolute Gasteiger partial charge is 0.492 e. The first-order valence-corrected chi connectivity index (χ1v) is 11.1. The molecule has 2 heterocycles. The van der Waals surface area contributed by atoms with Crippen molar-refractivity contribution in [2.75, 3.05) is 6.61 Å². The summed E-state index contributed by atoms with van der Waals surface area (Å²) in [6, 6.07) is 12.0. The number of hydrogen-bond donors (Lipinski definition) is 0. The maximum Gasteiger partial charge on any atom is 0.208 e. The van der Waals surface area contributed by atoms with Crippen LogP contribution in [0, 0.1) is 5.92 Å². The van der Waals surface area contributed by atoms with Gasteiger partial charge in [0.25, 0.3) is 0 Å². The number of aliphatic imine (C=N–C) groups is 1. The van der Waals surface area contributed by atoms with Crippen LogP contribution in [0.2, 0.25) is 0 Å². The molecule has 0 N–H and O–H groups in total. The summed E-state index contributed by atoms with van der Waals surface area (Å²) in [4.78, 5) is 19.4. The number of aromatic nitrogens is 1. The zero-order valence-electron chi connectivity index (χ0n) is 15.9. The van der Waals surface area contributed by atoms with E-state index in [4.69, 9.17) is 4.74 Å². The number of sulfone groups is 1. The highest BCUT2D eigenvalue weighted by atomic mass is 32.2. The fourth-order valence-corrected chi connectivity index (χ4v) is 5.90. The Morgan fingerprint density at radius 2 is 1.86 bits per heavy atom. The van der Waals surface area contributed by atoms with Gasteiger partial charge < -0.3 is 4.74 Å². The van der Waals surface area contributed by atoms with Crippen molar-refractivity contribution in [2.24, 2.45) is 10.9 Å². The van der Waals surface area contributed by atoms with Gasteiger partial charge in [0.15, 0.2) is 4.87 Å². The molecular weight excluding hydrogens is 388 g/mol. The summed E-state index contributed by atoms with van der Waals surface area (Å²) in [7, 11) is -3.91. The third kappa shape index (κ3) is 3.62. The number of hydrogen-bond acceptors (Lipinski definition) is 6. The van der Waals surface area contributed by atoms with E-state index in [0.29, 0.717) is 38.0 Å². The van der Waals surface area contributed by atoms with Gasteiger partial charge in [-0.05, 0) is 42.7 Å². The summed E-state index contributed by atoms with van der Waals surface area (Å²) >= 11 is 0. The topological polar surface area (TPSA) is 85.7 Å². The maximum atomic E-state index is 13.6. The molecule has 0 spiro atoms. The van der Waals surface area contributed by atoms with Crippen molar-refractivity contribution in [1.29, 1.82) is 0 Å². The first-order chi connectivity index (χ1) is 14.0. The SMILES string of the molecule is O=C1CCCC1C1(S(=O)(=O)c2ccccc2)C=C(OCCc2ccncc2)C=N1. The van der Waals surface area contributed by atoms with Crippen LogP contribution < -0.4 is 0 Å². The average Bonchev–Trinajstić information content (AvgIpc) is 3.37. The van der Waals surface area contributed by atoms with Gasteiger partial charge in [-0.25, -0.2) is 8.42 Å². The summed E-state index contributed by atoms with van der Waals surface area (Å²) in [5.74, 6) is -0.362. The van der Waals surface area contributed by atoms with Crippen LogP contribution in [0.25, 0.3) is 0 Å². The molecule has 1 fully saturated rings. The van der Waals surface area contributed by atoms with Crippen LogP contribution in [0.4, 0.5) is 0 Å². The summed E-state index contributed by atoms with van der Waals surface area (Å²) in [6.45, 7) is 0.377. The third-order valence-electron chi connectivity index (χ3n) is 5.44. The standard InChI is InChI=1S/C22H22N2O4S/c25-21-8-4-7-20(21)22(29(26,27)19-5-2-1-3-6-19)15-18(16-24-22)28-14-11-17-9-12-23-13-10-17/h1-3,5-6,9-10,12-13,15-16,20H,4,7-8,11,14H2. The second kappa shape index (κ2) is 7.91. The van der Waals surface area contributed by atoms with Crippen molar-refractivity contribution in [3.63, 3.8) is 0 Å². The molecular formula is C22H22N2O4S. The Hall–Kier alpha value is -2.80. The quantitative estimate of drug-likeness (QED) is 0.700. The van der Waals surface area contributed by atoms with Crippen LogP contribution in [0.5, 0.6) is 0 Å². The normalized spacial score (nSPS) is 23.9. The van der Waals surface area contributed by atoms with Gasteiger partial charge in [0.1, 0.15) is 11.5 Å². The predicted molar refractivity (Wildman–Crippen MR) is 109 cm³/mol. The zero-order valence-corrected chi connectivity index (χ0v) is 16.7. The molecule has 2 atom stereocenters. The molecule has 1 aliphatic heterocycles. The molecule has 6 nitrogen and oxygen atoms in total. The highest BCUT2D eigenvalue weighted by molar-refractivity contribution is 7.93. The van der Waals surface area contributed by atoms with Crippen molar-refractivity contribution in [3.8, 4) is 0 Å². The monoisotopic (exact) mass is 410 g/mol. The number of nitrogens with zero attached hydrogens (tertiary/aromatic N) is 2. The molecule has 29 heavy (non-hydrogen) atoms. The summed E-state index contributed by atoms with van der Waals surface area (Å²) in [5.41, 5.74) is 1.07. The fraction of sp³-hybridized carbons (Fsp3) is 0.318. The Bertz CT molecular complexity index is 1050. The Morgan fingerprint density at radius 3 is 2.55 bits per heavy atom. The van der Waals surface area contributed by atoms with E-state index < -0.39 is 20.6 Å². The van der Waals surface area contributed by atoms with Crippen LogP contribution in [-0.2, 0) is 25.8 Å². The van der Waals surface area contributed by atoms with Crippen molar-refractivity contribution in [2.45, 2.75) is 35.4 Å². The van der Waals surface area contributed by atoms with Crippen molar-refractivity contribution in [1.82, 2.24) is 4.98 Å². The molecule has 1 aromatic carbocycles. The van der Waals surface area contributed by atoms with Gasteiger partial charge in [-0.3, -0.25) is 14.8 Å². The highest BCUT2D eigenvalue weighted by Gasteiger charge is 2.55. The molecule has 4 rings (SSSR count). The van der Waals surface area contributed by atoms with E-state index in [0.717, 1.165) is 5.56 Å². The number of carbonyl (C=O) groups excluding carboxylic acids is 1. The summed E-state index contributed by atoms with van der Waals surface area (Å²) < 4.78 is 32.9. The van der Waals surface area contributed by atoms with Crippen molar-refractivity contribution in [3.05, 3.63) is 72.3 Å². The lowest BCUT2D eigenvalue weighted by atomic mass is 9.97. The minimum Gasteiger partial charge on any atom is -0.492 e. The van der Waals surface area contributed by atoms with Crippen LogP contribution in [0.3, 0.4) is 0 Å². The molecule has 150 valence electrons. The fourth-order valence-electron chi connectivity index (χ4n) is 3.92. The van der Waals surface area contributed by atoms with Gasteiger partial charge in [0, 0.05) is 31.3 Å². The van der Waals surface area contributed by atoms with E-state index >= 15 is 0 Å². The molecule has 2 aliphatic rings. The minimum absolute atomic E-state index is 0.0593. The van der Waals surface area contributed by atoms with E-state index in [1.54, 1.807) is 42.7 Å². The van der Waals surface area contributed by atoms with Gasteiger partial charge in [-0.2, -0.15) is 0 Å². The number of benzene rings is 1. The summed E-state index contributed by atoms with van der Waals surface area (Å²) in [5, 5.41) is 0. The third-order valence-corrected chi connectivity index (χ3v) is 7.70. The number of carbonyl (C=O) groups is 1. The molecule has 1 aromatic heterocycles. The average molecular weight is 410 g/mol. The smallest absolute Gasteiger partial charge is 0.208 e. The first-order valence-electron chi connectivity index (χ1n) is 9.65. The number of Topliss-reactive ketones (excluding diaryl/α,β-unsaturated/α-hetero) is 1. The van der Waals surface area contributed by atoms with Crippen LogP contribution in [0.15, 0.2) is 76.6 Å². The number of allylic oxidation sites excluding steroid dienone is 1. The van der Waals surface area contributed by atoms with E-state index in [-0.39, 0.29) is 10.7 Å². The lowest BCUT2D eigenvalue weighted by molar-refractivity contribution is -0.121. The number of pyridine rings is 1. The van der Waals surface area contributed by atoms with E-state index in [1.165, 1.54) is 12.3 Å². The second-order valence-corrected chi connectivity index (χ2v) is 9.37. The highest BCUT2D eigenvalue weighted by Crippen LogP contribution is 2.44. The molecule has 0 saturated heterocycles. The van der Waals surface area contributed by atoms with Gasteiger partial charge in [-0.15, -0.1) is 0 Å². The number of ether oxygens (including phenoxy) is 1. The number of ketones is 1. The molecule has 1 aliphatic carbocycles. The van der Waals surface area contributed by atoms with E-state index in [1.807, 2.05) is 12.1 Å². The van der Waals surface area contributed by atoms with Crippen LogP contribution >= 0.6 is 0 Å². The van der Waals surface area contributed by atoms with Gasteiger partial charge in [-0.1, -0.05) is 18.2 Å². The maximum absolute atomic E-state index is 13.6. The van der Waals surface area contributed by atoms with E-state index in [9.17, 15) is 13.2 Å². The molecule has 0 bridgehead atoms. The number of rotatable bonds is 7. The molecule has 7 heteroatoms. The van der Waals surface area contributed by atoms with Gasteiger partial charge in [0.05, 0.1) is 23.6 Å². The van der Waals surface area contributed by atoms with Gasteiger partial charge >= 0.3 is 0 Å². The summed E-state index contributed by atoms with van der Waals surface area (Å²) in [6.07, 6.45) is 8.63. The van der Waals surface area contributed by atoms with Crippen molar-refractivity contribution < 1.29 is 17.9 Å². The minimum atomic E-state index is -3.91. The molecule has 2 aromatic rings. The Balaban J connectivity index is 1.62. The predicted octanol–water partition coefficient (Wildman–Crippen LogP) is 3.15. The lowest BCUT2D eigenvalue weighted by Crippen LogP contribution is -2.43. The zero-order chi connectivity index (χ0) is 20.3. The Labute approximate surface area is 170 Å². The van der Waals surface area contributed by atoms with E-state index in [2.05, 4.69) is 9.98 Å². The molecule has 2 unspecified atom stereocenters. The van der Waals surface area contributed by atoms with Crippen LogP contribution in [-0.4, -0.2) is 36.9 Å². The Kier molecular flexibility index (Phi) is 5.32. The molecule has 0 radical (unpaired) electrons. The Morgan fingerprint density at radius 1 is 1.10 bits per heavy atom. The van der Waals surface area contributed by atoms with Crippen molar-refractivity contribution >= 4 is 21.8 Å². The molecule has 1 saturated carbocycles. The lowest BCUT2D eigenvalue weighted by Gasteiger charge is -2.29. The van der Waals surface area contributed by atoms with Gasteiger partial charge in [0.2, 0.25) is 9.84 Å². The van der Waals surface area contributed by atoms with Crippen LogP contribution in [0.1, 0.15) is 24.8 Å². The first kappa shape index (κ1) is 19.5. The second-order valence-electron chi connectivity index (χ2n) is 7.24.